The molecule has 0 saturated carbocycles. The molecule has 1 saturated heterocycles. The third-order valence-corrected chi connectivity index (χ3v) is 3.46. The number of hydrogen-bond donors (Lipinski definition) is 2. The van der Waals surface area contributed by atoms with Crippen molar-refractivity contribution in [2.45, 2.75) is 19.4 Å². The normalized spacial score (nSPS) is 20.8. The van der Waals surface area contributed by atoms with Crippen LogP contribution in [-0.4, -0.2) is 28.0 Å². The van der Waals surface area contributed by atoms with Crippen LogP contribution < -0.4 is 5.32 Å². The fraction of sp³-hybridized carbons (Fsp3) is 0.462. The molecule has 0 spiro atoms. The Morgan fingerprint density at radius 3 is 3.24 bits per heavy atom. The summed E-state index contributed by atoms with van der Waals surface area (Å²) in [7, 11) is 0. The standard InChI is InChI=1S/C13H17N3O/c17-12-3-4-13-11(6-12)8-15-16(13)9-10-2-1-5-14-7-10/h3-4,6,8,10,14,17H,1-2,5,7,9H2. The lowest BCUT2D eigenvalue weighted by atomic mass is 10.00. The zero-order chi connectivity index (χ0) is 11.7. The molecule has 17 heavy (non-hydrogen) atoms. The number of aromatic hydroxyl groups is 1. The van der Waals surface area contributed by atoms with E-state index in [1.54, 1.807) is 12.1 Å². The van der Waals surface area contributed by atoms with Crippen LogP contribution in [-0.2, 0) is 6.54 Å². The number of phenols is 1. The lowest BCUT2D eigenvalue weighted by Gasteiger charge is -2.22. The number of benzene rings is 1. The Balaban J connectivity index is 1.84. The molecule has 90 valence electrons. The molecule has 1 atom stereocenters. The molecule has 0 amide bonds. The van der Waals surface area contributed by atoms with Gasteiger partial charge in [-0.3, -0.25) is 4.68 Å². The molecule has 0 radical (unpaired) electrons. The highest BCUT2D eigenvalue weighted by Crippen LogP contribution is 2.21. The molecule has 1 aliphatic heterocycles. The molecule has 0 aliphatic carbocycles. The molecule has 1 fully saturated rings. The van der Waals surface area contributed by atoms with Crippen LogP contribution in [0.3, 0.4) is 0 Å². The van der Waals surface area contributed by atoms with E-state index in [9.17, 15) is 5.11 Å². The maximum absolute atomic E-state index is 9.41. The Labute approximate surface area is 100 Å². The van der Waals surface area contributed by atoms with Crippen molar-refractivity contribution in [3.8, 4) is 5.75 Å². The molecule has 3 rings (SSSR count). The Morgan fingerprint density at radius 1 is 1.47 bits per heavy atom. The summed E-state index contributed by atoms with van der Waals surface area (Å²) in [4.78, 5) is 0. The minimum absolute atomic E-state index is 0.302. The molecule has 1 aromatic carbocycles. The highest BCUT2D eigenvalue weighted by atomic mass is 16.3. The summed E-state index contributed by atoms with van der Waals surface area (Å²) in [5, 5.41) is 18.3. The van der Waals surface area contributed by atoms with Gasteiger partial charge in [0.15, 0.2) is 0 Å². The average Bonchev–Trinajstić information content (AvgIpc) is 2.73. The number of aromatic nitrogens is 2. The van der Waals surface area contributed by atoms with Gasteiger partial charge in [0.05, 0.1) is 11.7 Å². The first-order valence-corrected chi connectivity index (χ1v) is 6.18. The number of piperidine rings is 1. The number of nitrogens with zero attached hydrogens (tertiary/aromatic N) is 2. The van der Waals surface area contributed by atoms with Crippen LogP contribution in [0.25, 0.3) is 10.9 Å². The summed E-state index contributed by atoms with van der Waals surface area (Å²) in [6.07, 6.45) is 4.35. The highest BCUT2D eigenvalue weighted by molar-refractivity contribution is 5.80. The molecular formula is C13H17N3O. The molecule has 1 aromatic heterocycles. The molecular weight excluding hydrogens is 214 g/mol. The average molecular weight is 231 g/mol. The fourth-order valence-corrected chi connectivity index (χ4v) is 2.54. The van der Waals surface area contributed by atoms with Gasteiger partial charge >= 0.3 is 0 Å². The van der Waals surface area contributed by atoms with Gasteiger partial charge in [0.1, 0.15) is 5.75 Å². The van der Waals surface area contributed by atoms with Crippen molar-refractivity contribution in [2.24, 2.45) is 5.92 Å². The van der Waals surface area contributed by atoms with Crippen molar-refractivity contribution in [3.63, 3.8) is 0 Å². The molecule has 4 heteroatoms. The fourth-order valence-electron chi connectivity index (χ4n) is 2.54. The SMILES string of the molecule is Oc1ccc2c(cnn2CC2CCCNC2)c1. The Kier molecular flexibility index (Phi) is 2.73. The molecule has 1 unspecified atom stereocenters. The zero-order valence-corrected chi connectivity index (χ0v) is 9.76. The number of hydrogen-bond acceptors (Lipinski definition) is 3. The molecule has 0 bridgehead atoms. The first-order chi connectivity index (χ1) is 8.33. The van der Waals surface area contributed by atoms with Crippen molar-refractivity contribution >= 4 is 10.9 Å². The summed E-state index contributed by atoms with van der Waals surface area (Å²) in [6.45, 7) is 3.19. The summed E-state index contributed by atoms with van der Waals surface area (Å²) in [6, 6.07) is 5.42. The van der Waals surface area contributed by atoms with Gasteiger partial charge in [0.2, 0.25) is 0 Å². The van der Waals surface area contributed by atoms with Gasteiger partial charge in [0, 0.05) is 11.9 Å². The maximum atomic E-state index is 9.41. The van der Waals surface area contributed by atoms with Gasteiger partial charge < -0.3 is 10.4 Å². The maximum Gasteiger partial charge on any atom is 0.116 e. The Morgan fingerprint density at radius 2 is 2.41 bits per heavy atom. The monoisotopic (exact) mass is 231 g/mol. The highest BCUT2D eigenvalue weighted by Gasteiger charge is 2.15. The van der Waals surface area contributed by atoms with E-state index in [0.29, 0.717) is 11.7 Å². The largest absolute Gasteiger partial charge is 0.508 e. The lowest BCUT2D eigenvalue weighted by molar-refractivity contribution is 0.329. The molecule has 2 aromatic rings. The molecule has 1 aliphatic rings. The smallest absolute Gasteiger partial charge is 0.116 e. The van der Waals surface area contributed by atoms with Crippen molar-refractivity contribution in [1.29, 1.82) is 0 Å². The summed E-state index contributed by atoms with van der Waals surface area (Å²) >= 11 is 0. The van der Waals surface area contributed by atoms with Crippen LogP contribution in [0.1, 0.15) is 12.8 Å². The van der Waals surface area contributed by atoms with E-state index < -0.39 is 0 Å². The Hall–Kier alpha value is -1.55. The van der Waals surface area contributed by atoms with Crippen LogP contribution in [0.5, 0.6) is 5.75 Å². The topological polar surface area (TPSA) is 50.1 Å². The van der Waals surface area contributed by atoms with E-state index in [1.165, 1.54) is 12.8 Å². The third-order valence-electron chi connectivity index (χ3n) is 3.46. The predicted molar refractivity (Wildman–Crippen MR) is 67.0 cm³/mol. The number of nitrogens with one attached hydrogen (secondary N) is 1. The number of phenolic OH excluding ortho intramolecular Hbond substituents is 1. The van der Waals surface area contributed by atoms with E-state index in [-0.39, 0.29) is 0 Å². The van der Waals surface area contributed by atoms with Gasteiger partial charge in [0.25, 0.3) is 0 Å². The number of rotatable bonds is 2. The van der Waals surface area contributed by atoms with Crippen LogP contribution in [0.4, 0.5) is 0 Å². The lowest BCUT2D eigenvalue weighted by Crippen LogP contribution is -2.32. The van der Waals surface area contributed by atoms with Gasteiger partial charge in [-0.15, -0.1) is 0 Å². The van der Waals surface area contributed by atoms with Gasteiger partial charge in [-0.2, -0.15) is 5.10 Å². The summed E-state index contributed by atoms with van der Waals surface area (Å²) in [5.41, 5.74) is 1.10. The van der Waals surface area contributed by atoms with E-state index in [1.807, 2.05) is 16.9 Å². The van der Waals surface area contributed by atoms with Crippen LogP contribution in [0.15, 0.2) is 24.4 Å². The minimum Gasteiger partial charge on any atom is -0.508 e. The third kappa shape index (κ3) is 2.13. The second-order valence-corrected chi connectivity index (χ2v) is 4.78. The molecule has 2 heterocycles. The van der Waals surface area contributed by atoms with Crippen LogP contribution in [0, 0.1) is 5.92 Å². The molecule has 2 N–H and O–H groups in total. The van der Waals surface area contributed by atoms with Gasteiger partial charge in [-0.25, -0.2) is 0 Å². The summed E-state index contributed by atoms with van der Waals surface area (Å²) in [5.74, 6) is 0.969. The molecule has 4 nitrogen and oxygen atoms in total. The second kappa shape index (κ2) is 4.37. The van der Waals surface area contributed by atoms with E-state index in [4.69, 9.17) is 0 Å². The first kappa shape index (κ1) is 10.6. The Bertz CT molecular complexity index is 514. The van der Waals surface area contributed by atoms with Crippen molar-refractivity contribution in [2.75, 3.05) is 13.1 Å². The van der Waals surface area contributed by atoms with Crippen molar-refractivity contribution in [3.05, 3.63) is 24.4 Å². The van der Waals surface area contributed by atoms with Gasteiger partial charge in [-0.1, -0.05) is 0 Å². The quantitative estimate of drug-likeness (QED) is 0.827. The zero-order valence-electron chi connectivity index (χ0n) is 9.76. The van der Waals surface area contributed by atoms with Crippen molar-refractivity contribution in [1.82, 2.24) is 15.1 Å². The van der Waals surface area contributed by atoms with E-state index in [0.717, 1.165) is 30.5 Å². The van der Waals surface area contributed by atoms with Crippen molar-refractivity contribution < 1.29 is 5.11 Å². The minimum atomic E-state index is 0.302. The predicted octanol–water partition coefficient (Wildman–Crippen LogP) is 1.74. The first-order valence-electron chi connectivity index (χ1n) is 6.18. The second-order valence-electron chi connectivity index (χ2n) is 4.78. The van der Waals surface area contributed by atoms with Crippen LogP contribution in [0.2, 0.25) is 0 Å². The summed E-state index contributed by atoms with van der Waals surface area (Å²) < 4.78 is 2.05. The van der Waals surface area contributed by atoms with Crippen LogP contribution >= 0.6 is 0 Å². The van der Waals surface area contributed by atoms with E-state index >= 15 is 0 Å². The van der Waals surface area contributed by atoms with E-state index in [2.05, 4.69) is 10.4 Å². The number of fused-ring (bicyclic) bond motifs is 1. The van der Waals surface area contributed by atoms with Gasteiger partial charge in [-0.05, 0) is 50.0 Å².